The summed E-state index contributed by atoms with van der Waals surface area (Å²) in [5.41, 5.74) is 4.99. The first-order chi connectivity index (χ1) is 8.00. The van der Waals surface area contributed by atoms with Gasteiger partial charge < -0.3 is 10.2 Å². The van der Waals surface area contributed by atoms with Crippen molar-refractivity contribution in [2.24, 2.45) is 0 Å². The van der Waals surface area contributed by atoms with Crippen molar-refractivity contribution in [2.45, 2.75) is 20.8 Å². The van der Waals surface area contributed by atoms with E-state index >= 15 is 0 Å². The Labute approximate surface area is 101 Å². The first-order valence-corrected chi connectivity index (χ1v) is 5.60. The van der Waals surface area contributed by atoms with Crippen LogP contribution in [0.1, 0.15) is 16.7 Å². The second-order valence-corrected chi connectivity index (χ2v) is 4.39. The molecule has 0 saturated carbocycles. The molecular weight excluding hydrogens is 212 g/mol. The Morgan fingerprint density at radius 3 is 2.00 bits per heavy atom. The molecule has 0 bridgehead atoms. The molecule has 2 rings (SSSR count). The fourth-order valence-corrected chi connectivity index (χ4v) is 2.01. The number of phenols is 2. The van der Waals surface area contributed by atoms with E-state index in [4.69, 9.17) is 0 Å². The van der Waals surface area contributed by atoms with E-state index < -0.39 is 0 Å². The number of hydrogen-bond acceptors (Lipinski definition) is 2. The number of aryl methyl sites for hydroxylation is 1. The van der Waals surface area contributed by atoms with Gasteiger partial charge in [0, 0.05) is 0 Å². The Balaban J connectivity index is 2.64. The smallest absolute Gasteiger partial charge is 0.121 e. The molecule has 0 fully saturated rings. The molecule has 0 atom stereocenters. The summed E-state index contributed by atoms with van der Waals surface area (Å²) in [6.45, 7) is 5.81. The highest BCUT2D eigenvalue weighted by Crippen LogP contribution is 2.33. The SMILES string of the molecule is Cc1cc(-c2ccc(O)cc2)c(C)c(C)c1O. The van der Waals surface area contributed by atoms with Crippen molar-refractivity contribution in [1.82, 2.24) is 0 Å². The third-order valence-electron chi connectivity index (χ3n) is 3.23. The van der Waals surface area contributed by atoms with E-state index in [1.807, 2.05) is 39.0 Å². The Morgan fingerprint density at radius 2 is 1.41 bits per heavy atom. The van der Waals surface area contributed by atoms with Crippen LogP contribution in [0.2, 0.25) is 0 Å². The minimum atomic E-state index is 0.263. The normalized spacial score (nSPS) is 10.5. The van der Waals surface area contributed by atoms with Crippen LogP contribution >= 0.6 is 0 Å². The van der Waals surface area contributed by atoms with Crippen LogP contribution in [0, 0.1) is 20.8 Å². The highest BCUT2D eigenvalue weighted by atomic mass is 16.3. The van der Waals surface area contributed by atoms with E-state index in [0.717, 1.165) is 27.8 Å². The highest BCUT2D eigenvalue weighted by molar-refractivity contribution is 5.72. The molecule has 0 amide bonds. The molecule has 2 aromatic carbocycles. The second-order valence-electron chi connectivity index (χ2n) is 4.39. The predicted molar refractivity (Wildman–Crippen MR) is 69.4 cm³/mol. The van der Waals surface area contributed by atoms with Crippen LogP contribution in [0.25, 0.3) is 11.1 Å². The molecule has 0 aliphatic carbocycles. The fraction of sp³-hybridized carbons (Fsp3) is 0.200. The standard InChI is InChI=1S/C15H16O2/c1-9-8-14(10(2)11(3)15(9)17)12-4-6-13(16)7-5-12/h4-8,16-17H,1-3H3. The molecule has 0 radical (unpaired) electrons. The summed E-state index contributed by atoms with van der Waals surface area (Å²) in [6.07, 6.45) is 0. The van der Waals surface area contributed by atoms with Crippen molar-refractivity contribution in [3.8, 4) is 22.6 Å². The third kappa shape index (κ3) is 1.98. The minimum absolute atomic E-state index is 0.263. The molecular formula is C15H16O2. The van der Waals surface area contributed by atoms with E-state index in [1.165, 1.54) is 0 Å². The lowest BCUT2D eigenvalue weighted by Gasteiger charge is -2.13. The van der Waals surface area contributed by atoms with Crippen molar-refractivity contribution in [3.63, 3.8) is 0 Å². The summed E-state index contributed by atoms with van der Waals surface area (Å²) in [6, 6.07) is 9.09. The molecule has 88 valence electrons. The zero-order valence-corrected chi connectivity index (χ0v) is 10.3. The van der Waals surface area contributed by atoms with Gasteiger partial charge in [0.25, 0.3) is 0 Å². The van der Waals surface area contributed by atoms with Gasteiger partial charge in [0.15, 0.2) is 0 Å². The summed E-state index contributed by atoms with van der Waals surface area (Å²) in [4.78, 5) is 0. The van der Waals surface area contributed by atoms with Gasteiger partial charge in [-0.15, -0.1) is 0 Å². The number of phenolic OH excluding ortho intramolecular Hbond substituents is 2. The summed E-state index contributed by atoms with van der Waals surface area (Å²) < 4.78 is 0. The molecule has 0 aliphatic rings. The number of hydrogen-bond donors (Lipinski definition) is 2. The van der Waals surface area contributed by atoms with E-state index in [9.17, 15) is 10.2 Å². The Morgan fingerprint density at radius 1 is 0.824 bits per heavy atom. The monoisotopic (exact) mass is 228 g/mol. The predicted octanol–water partition coefficient (Wildman–Crippen LogP) is 3.69. The van der Waals surface area contributed by atoms with Crippen LogP contribution in [-0.2, 0) is 0 Å². The third-order valence-corrected chi connectivity index (χ3v) is 3.23. The van der Waals surface area contributed by atoms with Crippen LogP contribution < -0.4 is 0 Å². The minimum Gasteiger partial charge on any atom is -0.508 e. The van der Waals surface area contributed by atoms with Gasteiger partial charge >= 0.3 is 0 Å². The molecule has 2 nitrogen and oxygen atoms in total. The van der Waals surface area contributed by atoms with Gasteiger partial charge in [0.2, 0.25) is 0 Å². The van der Waals surface area contributed by atoms with Crippen molar-refractivity contribution in [1.29, 1.82) is 0 Å². The zero-order chi connectivity index (χ0) is 12.6. The molecule has 2 N–H and O–H groups in total. The van der Waals surface area contributed by atoms with Gasteiger partial charge in [0.1, 0.15) is 11.5 Å². The molecule has 0 spiro atoms. The topological polar surface area (TPSA) is 40.5 Å². The van der Waals surface area contributed by atoms with Gasteiger partial charge in [-0.2, -0.15) is 0 Å². The maximum atomic E-state index is 9.86. The summed E-state index contributed by atoms with van der Waals surface area (Å²) in [5, 5.41) is 19.1. The van der Waals surface area contributed by atoms with E-state index in [-0.39, 0.29) is 5.75 Å². The molecule has 17 heavy (non-hydrogen) atoms. The lowest BCUT2D eigenvalue weighted by Crippen LogP contribution is -1.91. The number of benzene rings is 2. The fourth-order valence-electron chi connectivity index (χ4n) is 2.01. The van der Waals surface area contributed by atoms with Gasteiger partial charge in [-0.25, -0.2) is 0 Å². The van der Waals surface area contributed by atoms with Gasteiger partial charge in [-0.1, -0.05) is 12.1 Å². The summed E-state index contributed by atoms with van der Waals surface area (Å²) >= 11 is 0. The first-order valence-electron chi connectivity index (χ1n) is 5.60. The average Bonchev–Trinajstić information content (AvgIpc) is 2.32. The summed E-state index contributed by atoms with van der Waals surface area (Å²) in [5.74, 6) is 0.628. The number of aromatic hydroxyl groups is 2. The molecule has 0 aromatic heterocycles. The maximum absolute atomic E-state index is 9.86. The van der Waals surface area contributed by atoms with Crippen LogP contribution in [-0.4, -0.2) is 10.2 Å². The van der Waals surface area contributed by atoms with Crippen LogP contribution in [0.5, 0.6) is 11.5 Å². The zero-order valence-electron chi connectivity index (χ0n) is 10.3. The maximum Gasteiger partial charge on any atom is 0.121 e. The van der Waals surface area contributed by atoms with Gasteiger partial charge in [-0.3, -0.25) is 0 Å². The lowest BCUT2D eigenvalue weighted by atomic mass is 9.94. The highest BCUT2D eigenvalue weighted by Gasteiger charge is 2.10. The lowest BCUT2D eigenvalue weighted by molar-refractivity contribution is 0.466. The molecule has 0 heterocycles. The molecule has 0 saturated heterocycles. The van der Waals surface area contributed by atoms with Crippen molar-refractivity contribution < 1.29 is 10.2 Å². The van der Waals surface area contributed by atoms with E-state index in [1.54, 1.807) is 12.1 Å². The van der Waals surface area contributed by atoms with Crippen LogP contribution in [0.4, 0.5) is 0 Å². The molecule has 0 unspecified atom stereocenters. The molecule has 0 aliphatic heterocycles. The van der Waals surface area contributed by atoms with Crippen molar-refractivity contribution in [3.05, 3.63) is 47.0 Å². The van der Waals surface area contributed by atoms with Gasteiger partial charge in [-0.05, 0) is 66.8 Å². The van der Waals surface area contributed by atoms with Crippen LogP contribution in [0.3, 0.4) is 0 Å². The van der Waals surface area contributed by atoms with E-state index in [0.29, 0.717) is 5.75 Å². The number of rotatable bonds is 1. The second kappa shape index (κ2) is 4.13. The molecule has 2 aromatic rings. The molecule has 2 heteroatoms. The summed E-state index contributed by atoms with van der Waals surface area (Å²) in [7, 11) is 0. The van der Waals surface area contributed by atoms with E-state index in [2.05, 4.69) is 0 Å². The Bertz CT molecular complexity index is 554. The largest absolute Gasteiger partial charge is 0.508 e. The Hall–Kier alpha value is -1.96. The average molecular weight is 228 g/mol. The van der Waals surface area contributed by atoms with Gasteiger partial charge in [0.05, 0.1) is 0 Å². The Kier molecular flexibility index (Phi) is 2.80. The van der Waals surface area contributed by atoms with Crippen molar-refractivity contribution >= 4 is 0 Å². The quantitative estimate of drug-likeness (QED) is 0.781. The van der Waals surface area contributed by atoms with Crippen molar-refractivity contribution in [2.75, 3.05) is 0 Å². The van der Waals surface area contributed by atoms with Crippen LogP contribution in [0.15, 0.2) is 30.3 Å². The first kappa shape index (κ1) is 11.5.